The largest absolute Gasteiger partial charge is 0.424 e. The van der Waals surface area contributed by atoms with Crippen LogP contribution in [0, 0.1) is 6.92 Å². The van der Waals surface area contributed by atoms with Gasteiger partial charge in [0, 0.05) is 17.4 Å². The van der Waals surface area contributed by atoms with Gasteiger partial charge < -0.3 is 21.1 Å². The molecule has 0 spiro atoms. The monoisotopic (exact) mass is 488 g/mol. The van der Waals surface area contributed by atoms with Gasteiger partial charge in [-0.15, -0.1) is 0 Å². The lowest BCUT2D eigenvalue weighted by atomic mass is 9.99. The van der Waals surface area contributed by atoms with Gasteiger partial charge in [-0.05, 0) is 53.8 Å². The summed E-state index contributed by atoms with van der Waals surface area (Å²) >= 11 is 6.03. The number of benzene rings is 2. The molecule has 0 aliphatic heterocycles. The second kappa shape index (κ2) is 10.4. The van der Waals surface area contributed by atoms with Crippen molar-refractivity contribution in [3.63, 3.8) is 0 Å². The molecule has 9 heteroatoms. The number of hydrogen-bond acceptors (Lipinski definition) is 6. The van der Waals surface area contributed by atoms with Crippen LogP contribution in [0.4, 0.5) is 22.0 Å². The SMILES string of the molecule is Cc1ccc(C(C)C)c(NC(=O)Nc2cnc(Oc3ccc(-c4cc(Cl)cnc4N)cc3)nc2)c1. The number of carbonyl (C=O) groups is 1. The Morgan fingerprint density at radius 3 is 2.37 bits per heavy atom. The Labute approximate surface area is 208 Å². The molecule has 0 aliphatic rings. The number of aryl methyl sites for hydroxylation is 1. The Morgan fingerprint density at radius 2 is 1.69 bits per heavy atom. The summed E-state index contributed by atoms with van der Waals surface area (Å²) in [6.45, 7) is 6.15. The van der Waals surface area contributed by atoms with Gasteiger partial charge in [0.05, 0.1) is 23.1 Å². The van der Waals surface area contributed by atoms with Crippen molar-refractivity contribution in [1.29, 1.82) is 0 Å². The summed E-state index contributed by atoms with van der Waals surface area (Å²) in [5.74, 6) is 1.21. The summed E-state index contributed by atoms with van der Waals surface area (Å²) in [6.07, 6.45) is 4.46. The van der Waals surface area contributed by atoms with Crippen LogP contribution in [0.2, 0.25) is 5.02 Å². The molecule has 2 amide bonds. The van der Waals surface area contributed by atoms with Gasteiger partial charge in [-0.2, -0.15) is 0 Å². The number of rotatable bonds is 6. The number of carbonyl (C=O) groups excluding carboxylic acids is 1. The molecule has 0 saturated carbocycles. The van der Waals surface area contributed by atoms with Gasteiger partial charge in [-0.25, -0.2) is 19.7 Å². The minimum Gasteiger partial charge on any atom is -0.424 e. The smallest absolute Gasteiger partial charge is 0.323 e. The maximum atomic E-state index is 12.5. The van der Waals surface area contributed by atoms with E-state index in [9.17, 15) is 4.79 Å². The fourth-order valence-corrected chi connectivity index (χ4v) is 3.65. The van der Waals surface area contributed by atoms with Crippen LogP contribution in [0.3, 0.4) is 0 Å². The zero-order valence-corrected chi connectivity index (χ0v) is 20.3. The van der Waals surface area contributed by atoms with E-state index >= 15 is 0 Å². The van der Waals surface area contributed by atoms with Gasteiger partial charge in [-0.1, -0.05) is 49.7 Å². The first-order chi connectivity index (χ1) is 16.8. The van der Waals surface area contributed by atoms with Crippen LogP contribution in [0.5, 0.6) is 11.8 Å². The molecule has 0 aliphatic carbocycles. The van der Waals surface area contributed by atoms with Crippen molar-refractivity contribution >= 4 is 34.8 Å². The van der Waals surface area contributed by atoms with Gasteiger partial charge in [0.15, 0.2) is 0 Å². The second-order valence-corrected chi connectivity index (χ2v) is 8.73. The molecule has 2 heterocycles. The van der Waals surface area contributed by atoms with Crippen molar-refractivity contribution < 1.29 is 9.53 Å². The lowest BCUT2D eigenvalue weighted by molar-refractivity contribution is 0.262. The molecule has 4 aromatic rings. The predicted molar refractivity (Wildman–Crippen MR) is 139 cm³/mol. The minimum atomic E-state index is -0.375. The zero-order chi connectivity index (χ0) is 24.9. The summed E-state index contributed by atoms with van der Waals surface area (Å²) in [5, 5.41) is 6.15. The molecule has 2 aromatic carbocycles. The molecule has 0 fully saturated rings. The molecule has 0 radical (unpaired) electrons. The van der Waals surface area contributed by atoms with E-state index in [-0.39, 0.29) is 18.0 Å². The molecule has 35 heavy (non-hydrogen) atoms. The third-order valence-electron chi connectivity index (χ3n) is 5.22. The van der Waals surface area contributed by atoms with Gasteiger partial charge in [0.2, 0.25) is 0 Å². The standard InChI is InChI=1S/C26H25ClN6O2/c1-15(2)21-9-4-16(3)10-23(21)33-25(34)32-19-13-30-26(31-14-19)35-20-7-5-17(6-8-20)22-11-18(27)12-29-24(22)28/h4-15H,1-3H3,(H2,28,29)(H2,32,33,34). The highest BCUT2D eigenvalue weighted by Crippen LogP contribution is 2.29. The van der Waals surface area contributed by atoms with E-state index in [0.29, 0.717) is 22.3 Å². The number of urea groups is 1. The first kappa shape index (κ1) is 24.0. The lowest BCUT2D eigenvalue weighted by Gasteiger charge is -2.15. The molecule has 0 saturated heterocycles. The fraction of sp³-hybridized carbons (Fsp3) is 0.154. The van der Waals surface area contributed by atoms with Crippen molar-refractivity contribution in [3.05, 3.63) is 83.3 Å². The molecule has 178 valence electrons. The summed E-state index contributed by atoms with van der Waals surface area (Å²) in [5.41, 5.74) is 10.9. The van der Waals surface area contributed by atoms with E-state index in [1.807, 2.05) is 37.3 Å². The number of hydrogen-bond donors (Lipinski definition) is 3. The number of nitrogen functional groups attached to an aromatic ring is 1. The number of nitrogens with zero attached hydrogens (tertiary/aromatic N) is 3. The molecule has 0 bridgehead atoms. The molecule has 0 unspecified atom stereocenters. The summed E-state index contributed by atoms with van der Waals surface area (Å²) < 4.78 is 5.71. The number of amides is 2. The molecule has 2 aromatic heterocycles. The topological polar surface area (TPSA) is 115 Å². The normalized spacial score (nSPS) is 10.8. The Kier molecular flexibility index (Phi) is 7.12. The summed E-state index contributed by atoms with van der Waals surface area (Å²) in [7, 11) is 0. The quantitative estimate of drug-likeness (QED) is 0.280. The Hall–Kier alpha value is -4.17. The van der Waals surface area contributed by atoms with Crippen molar-refractivity contribution in [2.75, 3.05) is 16.4 Å². The molecule has 4 rings (SSSR count). The van der Waals surface area contributed by atoms with E-state index in [1.165, 1.54) is 18.6 Å². The predicted octanol–water partition coefficient (Wildman–Crippen LogP) is 6.64. The summed E-state index contributed by atoms with van der Waals surface area (Å²) in [4.78, 5) is 24.9. The number of nitrogens with one attached hydrogen (secondary N) is 2. The number of pyridine rings is 1. The molecule has 8 nitrogen and oxygen atoms in total. The second-order valence-electron chi connectivity index (χ2n) is 8.29. The molecule has 4 N–H and O–H groups in total. The number of ether oxygens (including phenoxy) is 1. The fourth-order valence-electron chi connectivity index (χ4n) is 3.49. The van der Waals surface area contributed by atoms with E-state index in [2.05, 4.69) is 39.4 Å². The number of anilines is 3. The van der Waals surface area contributed by atoms with Crippen molar-refractivity contribution in [3.8, 4) is 22.9 Å². The minimum absolute atomic E-state index is 0.147. The average Bonchev–Trinajstić information content (AvgIpc) is 2.82. The Bertz CT molecular complexity index is 1340. The number of aromatic nitrogens is 3. The van der Waals surface area contributed by atoms with E-state index in [0.717, 1.165) is 27.9 Å². The van der Waals surface area contributed by atoms with Gasteiger partial charge in [0.1, 0.15) is 11.6 Å². The first-order valence-electron chi connectivity index (χ1n) is 11.0. The van der Waals surface area contributed by atoms with Crippen LogP contribution >= 0.6 is 11.6 Å². The Balaban J connectivity index is 1.38. The van der Waals surface area contributed by atoms with E-state index in [4.69, 9.17) is 22.1 Å². The van der Waals surface area contributed by atoms with Gasteiger partial charge in [-0.3, -0.25) is 0 Å². The van der Waals surface area contributed by atoms with E-state index < -0.39 is 0 Å². The highest BCUT2D eigenvalue weighted by molar-refractivity contribution is 6.30. The van der Waals surface area contributed by atoms with Gasteiger partial charge in [0.25, 0.3) is 0 Å². The number of nitrogens with two attached hydrogens (primary N) is 1. The van der Waals surface area contributed by atoms with Crippen LogP contribution in [0.25, 0.3) is 11.1 Å². The summed E-state index contributed by atoms with van der Waals surface area (Å²) in [6, 6.07) is 14.8. The molecular formula is C26H25ClN6O2. The third-order valence-corrected chi connectivity index (χ3v) is 5.43. The zero-order valence-electron chi connectivity index (χ0n) is 19.5. The van der Waals surface area contributed by atoms with E-state index in [1.54, 1.807) is 18.2 Å². The lowest BCUT2D eigenvalue weighted by Crippen LogP contribution is -2.20. The van der Waals surface area contributed by atoms with Gasteiger partial charge >= 0.3 is 12.0 Å². The molecule has 0 atom stereocenters. The van der Waals surface area contributed by atoms with Crippen LogP contribution in [-0.4, -0.2) is 21.0 Å². The molecular weight excluding hydrogens is 464 g/mol. The first-order valence-corrected chi connectivity index (χ1v) is 11.4. The maximum absolute atomic E-state index is 12.5. The highest BCUT2D eigenvalue weighted by Gasteiger charge is 2.11. The number of halogens is 1. The van der Waals surface area contributed by atoms with Crippen LogP contribution in [0.15, 0.2) is 67.1 Å². The van der Waals surface area contributed by atoms with Crippen LogP contribution < -0.4 is 21.1 Å². The van der Waals surface area contributed by atoms with Crippen molar-refractivity contribution in [2.24, 2.45) is 0 Å². The third kappa shape index (κ3) is 6.04. The highest BCUT2D eigenvalue weighted by atomic mass is 35.5. The average molecular weight is 489 g/mol. The van der Waals surface area contributed by atoms with Crippen LogP contribution in [-0.2, 0) is 0 Å². The van der Waals surface area contributed by atoms with Crippen molar-refractivity contribution in [1.82, 2.24) is 15.0 Å². The van der Waals surface area contributed by atoms with Crippen LogP contribution in [0.1, 0.15) is 30.9 Å². The maximum Gasteiger partial charge on any atom is 0.323 e. The van der Waals surface area contributed by atoms with Crippen molar-refractivity contribution in [2.45, 2.75) is 26.7 Å². The Morgan fingerprint density at radius 1 is 0.971 bits per heavy atom.